The molecule has 0 saturated carbocycles. The maximum Gasteiger partial charge on any atom is 0.418 e. The number of halogens is 3. The van der Waals surface area contributed by atoms with Gasteiger partial charge in [-0.05, 0) is 31.9 Å². The number of carbonyl (C=O) groups is 2. The first-order valence-corrected chi connectivity index (χ1v) is 12.8. The average molecular weight is 549 g/mol. The molecule has 1 aliphatic heterocycles. The molecule has 1 amide bonds. The van der Waals surface area contributed by atoms with E-state index < -0.39 is 17.6 Å². The Labute approximate surface area is 221 Å². The van der Waals surface area contributed by atoms with Gasteiger partial charge in [0.25, 0.3) is 5.91 Å². The summed E-state index contributed by atoms with van der Waals surface area (Å²) in [5, 5.41) is 4.43. The number of aromatic nitrogens is 3. The van der Waals surface area contributed by atoms with Crippen LogP contribution < -0.4 is 15.1 Å². The molecule has 1 saturated heterocycles. The van der Waals surface area contributed by atoms with E-state index in [1.807, 2.05) is 4.90 Å². The van der Waals surface area contributed by atoms with Gasteiger partial charge in [-0.2, -0.15) is 13.2 Å². The van der Waals surface area contributed by atoms with E-state index in [0.29, 0.717) is 44.0 Å². The number of rotatable bonds is 7. The molecule has 0 aliphatic carbocycles. The number of nitrogens with one attached hydrogen (secondary N) is 1. The molecule has 0 radical (unpaired) electrons. The highest BCUT2D eigenvalue weighted by molar-refractivity contribution is 7.14. The highest BCUT2D eigenvalue weighted by Crippen LogP contribution is 2.39. The van der Waals surface area contributed by atoms with Gasteiger partial charge in [-0.25, -0.2) is 15.0 Å². The summed E-state index contributed by atoms with van der Waals surface area (Å²) in [6, 6.07) is 4.01. The first-order valence-electron chi connectivity index (χ1n) is 12.0. The van der Waals surface area contributed by atoms with Crippen LogP contribution in [0.2, 0.25) is 0 Å². The smallest absolute Gasteiger partial charge is 0.418 e. The van der Waals surface area contributed by atoms with Crippen molar-refractivity contribution in [3.8, 4) is 11.3 Å². The highest BCUT2D eigenvalue weighted by Gasteiger charge is 2.34. The van der Waals surface area contributed by atoms with Crippen LogP contribution >= 0.6 is 11.3 Å². The van der Waals surface area contributed by atoms with Crippen LogP contribution in [0, 0.1) is 5.92 Å². The molecule has 1 aromatic carbocycles. The number of piperidine rings is 1. The van der Waals surface area contributed by atoms with Crippen LogP contribution in [0.25, 0.3) is 11.3 Å². The SMILES string of the molecule is CCOC(=O)C1CCN(c2cnc(C(=O)Nc3nc(-c4ccc(N(C)C)c(C(F)(F)F)c4)cs3)cn2)CC1. The van der Waals surface area contributed by atoms with Crippen molar-refractivity contribution in [3.63, 3.8) is 0 Å². The number of alkyl halides is 3. The second-order valence-electron chi connectivity index (χ2n) is 8.89. The summed E-state index contributed by atoms with van der Waals surface area (Å²) in [5.41, 5.74) is -0.0413. The molecule has 0 unspecified atom stereocenters. The van der Waals surface area contributed by atoms with Crippen molar-refractivity contribution in [1.29, 1.82) is 0 Å². The first-order chi connectivity index (χ1) is 18.1. The van der Waals surface area contributed by atoms with E-state index >= 15 is 0 Å². The molecule has 202 valence electrons. The Bertz CT molecular complexity index is 1290. The lowest BCUT2D eigenvalue weighted by Crippen LogP contribution is -2.37. The highest BCUT2D eigenvalue weighted by atomic mass is 32.1. The van der Waals surface area contributed by atoms with Crippen molar-refractivity contribution in [3.05, 3.63) is 47.2 Å². The molecule has 0 bridgehead atoms. The number of thiazole rings is 1. The normalized spacial score (nSPS) is 14.3. The van der Waals surface area contributed by atoms with Crippen LogP contribution in [0.3, 0.4) is 0 Å². The molecule has 2 aromatic heterocycles. The quantitative estimate of drug-likeness (QED) is 0.424. The third kappa shape index (κ3) is 6.21. The van der Waals surface area contributed by atoms with E-state index in [4.69, 9.17) is 4.74 Å². The van der Waals surface area contributed by atoms with E-state index in [1.54, 1.807) is 32.5 Å². The predicted octanol–water partition coefficient (Wildman–Crippen LogP) is 4.72. The monoisotopic (exact) mass is 548 g/mol. The van der Waals surface area contributed by atoms with Crippen LogP contribution in [0.4, 0.5) is 29.8 Å². The first kappa shape index (κ1) is 27.3. The molecule has 3 aromatic rings. The fourth-order valence-electron chi connectivity index (χ4n) is 4.14. The Morgan fingerprint density at radius 3 is 2.53 bits per heavy atom. The minimum absolute atomic E-state index is 0.0513. The summed E-state index contributed by atoms with van der Waals surface area (Å²) in [5.74, 6) is -0.243. The van der Waals surface area contributed by atoms with Gasteiger partial charge in [0.2, 0.25) is 0 Å². The summed E-state index contributed by atoms with van der Waals surface area (Å²) in [7, 11) is 3.09. The van der Waals surface area contributed by atoms with Crippen LogP contribution in [0.5, 0.6) is 0 Å². The Kier molecular flexibility index (Phi) is 8.14. The van der Waals surface area contributed by atoms with Crippen LogP contribution in [-0.2, 0) is 15.7 Å². The predicted molar refractivity (Wildman–Crippen MR) is 138 cm³/mol. The Balaban J connectivity index is 1.40. The van der Waals surface area contributed by atoms with Crippen molar-refractivity contribution in [2.45, 2.75) is 25.9 Å². The third-order valence-electron chi connectivity index (χ3n) is 6.11. The lowest BCUT2D eigenvalue weighted by molar-refractivity contribution is -0.148. The molecule has 1 aliphatic rings. The number of ether oxygens (including phenoxy) is 1. The summed E-state index contributed by atoms with van der Waals surface area (Å²) < 4.78 is 45.8. The Morgan fingerprint density at radius 2 is 1.92 bits per heavy atom. The van der Waals surface area contributed by atoms with Gasteiger partial charge in [-0.3, -0.25) is 14.9 Å². The maximum absolute atomic E-state index is 13.6. The van der Waals surface area contributed by atoms with E-state index in [-0.39, 0.29) is 34.0 Å². The fourth-order valence-corrected chi connectivity index (χ4v) is 4.86. The van der Waals surface area contributed by atoms with Gasteiger partial charge >= 0.3 is 12.1 Å². The molecule has 0 spiro atoms. The van der Waals surface area contributed by atoms with E-state index in [9.17, 15) is 22.8 Å². The maximum atomic E-state index is 13.6. The Morgan fingerprint density at radius 1 is 1.18 bits per heavy atom. The number of amides is 1. The van der Waals surface area contributed by atoms with Gasteiger partial charge in [-0.15, -0.1) is 11.3 Å². The molecule has 9 nitrogen and oxygen atoms in total. The zero-order valence-corrected chi connectivity index (χ0v) is 21.9. The third-order valence-corrected chi connectivity index (χ3v) is 6.87. The molecule has 4 rings (SSSR count). The number of hydrogen-bond donors (Lipinski definition) is 1. The summed E-state index contributed by atoms with van der Waals surface area (Å²) in [6.45, 7) is 3.39. The second kappa shape index (κ2) is 11.3. The number of esters is 1. The number of nitrogens with zero attached hydrogens (tertiary/aromatic N) is 5. The summed E-state index contributed by atoms with van der Waals surface area (Å²) in [4.78, 5) is 40.8. The number of carbonyl (C=O) groups excluding carboxylic acids is 2. The van der Waals surface area contributed by atoms with Crippen LogP contribution in [0.1, 0.15) is 35.8 Å². The second-order valence-corrected chi connectivity index (χ2v) is 9.75. The van der Waals surface area contributed by atoms with Crippen LogP contribution in [-0.4, -0.2) is 60.6 Å². The van der Waals surface area contributed by atoms with Crippen LogP contribution in [0.15, 0.2) is 36.0 Å². The topological polar surface area (TPSA) is 101 Å². The van der Waals surface area contributed by atoms with Crippen molar-refractivity contribution in [2.24, 2.45) is 5.92 Å². The fraction of sp³-hybridized carbons (Fsp3) is 0.400. The molecule has 1 N–H and O–H groups in total. The molecule has 1 fully saturated rings. The van der Waals surface area contributed by atoms with Crippen molar-refractivity contribution in [1.82, 2.24) is 15.0 Å². The van der Waals surface area contributed by atoms with Gasteiger partial charge in [0.1, 0.15) is 11.5 Å². The summed E-state index contributed by atoms with van der Waals surface area (Å²) >= 11 is 1.09. The zero-order valence-electron chi connectivity index (χ0n) is 21.1. The van der Waals surface area contributed by atoms with Gasteiger partial charge in [0, 0.05) is 43.8 Å². The number of benzene rings is 1. The molecular formula is C25H27F3N6O3S. The standard InChI is InChI=1S/C25H27F3N6O3S/c1-4-37-23(36)15-7-9-34(10-8-15)21-13-29-18(12-30-21)22(35)32-24-31-19(14-38-24)16-5-6-20(33(2)3)17(11-16)25(26,27)28/h5-6,11-15H,4,7-10H2,1-3H3,(H,31,32,35). The molecular weight excluding hydrogens is 521 g/mol. The average Bonchev–Trinajstić information content (AvgIpc) is 3.36. The lowest BCUT2D eigenvalue weighted by Gasteiger charge is -2.31. The molecule has 0 atom stereocenters. The van der Waals surface area contributed by atoms with E-state index in [1.165, 1.54) is 23.4 Å². The number of hydrogen-bond acceptors (Lipinski definition) is 9. The van der Waals surface area contributed by atoms with Gasteiger partial charge < -0.3 is 14.5 Å². The van der Waals surface area contributed by atoms with Gasteiger partial charge in [0.15, 0.2) is 5.13 Å². The Hall–Kier alpha value is -3.74. The minimum Gasteiger partial charge on any atom is -0.466 e. The van der Waals surface area contributed by atoms with Gasteiger partial charge in [0.05, 0.1) is 36.2 Å². The molecule has 38 heavy (non-hydrogen) atoms. The number of anilines is 3. The minimum atomic E-state index is -4.52. The van der Waals surface area contributed by atoms with E-state index in [0.717, 1.165) is 17.4 Å². The summed E-state index contributed by atoms with van der Waals surface area (Å²) in [6.07, 6.45) is -0.372. The zero-order chi connectivity index (χ0) is 27.4. The lowest BCUT2D eigenvalue weighted by atomic mass is 9.97. The van der Waals surface area contributed by atoms with E-state index in [2.05, 4.69) is 20.3 Å². The van der Waals surface area contributed by atoms with Crippen molar-refractivity contribution < 1.29 is 27.5 Å². The van der Waals surface area contributed by atoms with Crippen molar-refractivity contribution >= 4 is 39.9 Å². The molecule has 3 heterocycles. The van der Waals surface area contributed by atoms with Gasteiger partial charge in [-0.1, -0.05) is 6.07 Å². The van der Waals surface area contributed by atoms with Crippen molar-refractivity contribution in [2.75, 3.05) is 48.9 Å². The molecule has 13 heteroatoms. The largest absolute Gasteiger partial charge is 0.466 e.